The zero-order valence-corrected chi connectivity index (χ0v) is 9.16. The molecule has 1 aromatic rings. The van der Waals surface area contributed by atoms with Gasteiger partial charge in [-0.2, -0.15) is 0 Å². The van der Waals surface area contributed by atoms with Gasteiger partial charge in [-0.15, -0.1) is 22.9 Å². The van der Waals surface area contributed by atoms with Gasteiger partial charge in [-0.25, -0.2) is 0 Å². The average molecular weight is 203 g/mol. The first-order valence-corrected chi connectivity index (χ1v) is 5.73. The topological polar surface area (TPSA) is 0 Å². The number of thiophene rings is 1. The normalized spacial score (nSPS) is 13.7. The second-order valence-electron chi connectivity index (χ2n) is 3.44. The summed E-state index contributed by atoms with van der Waals surface area (Å²) in [5.41, 5.74) is 0. The van der Waals surface area contributed by atoms with Crippen LogP contribution in [0.3, 0.4) is 0 Å². The van der Waals surface area contributed by atoms with E-state index in [2.05, 4.69) is 31.4 Å². The smallest absolute Gasteiger partial charge is 0.0257 e. The highest BCUT2D eigenvalue weighted by atomic mass is 35.5. The highest BCUT2D eigenvalue weighted by Crippen LogP contribution is 2.21. The van der Waals surface area contributed by atoms with Crippen LogP contribution in [0, 0.1) is 11.8 Å². The van der Waals surface area contributed by atoms with E-state index < -0.39 is 0 Å². The maximum Gasteiger partial charge on any atom is 0.0257 e. The van der Waals surface area contributed by atoms with Gasteiger partial charge in [0.2, 0.25) is 0 Å². The van der Waals surface area contributed by atoms with E-state index in [0.29, 0.717) is 11.8 Å². The molecule has 0 aromatic carbocycles. The van der Waals surface area contributed by atoms with Crippen molar-refractivity contribution in [2.45, 2.75) is 20.3 Å². The molecule has 12 heavy (non-hydrogen) atoms. The van der Waals surface area contributed by atoms with Gasteiger partial charge in [0.1, 0.15) is 0 Å². The summed E-state index contributed by atoms with van der Waals surface area (Å²) in [6.45, 7) is 4.47. The van der Waals surface area contributed by atoms with Crippen LogP contribution < -0.4 is 0 Å². The highest BCUT2D eigenvalue weighted by Gasteiger charge is 2.12. The van der Waals surface area contributed by atoms with Crippen LogP contribution >= 0.6 is 22.9 Å². The second kappa shape index (κ2) is 4.88. The van der Waals surface area contributed by atoms with Gasteiger partial charge >= 0.3 is 0 Å². The van der Waals surface area contributed by atoms with Crippen molar-refractivity contribution in [1.82, 2.24) is 0 Å². The fourth-order valence-electron chi connectivity index (χ4n) is 1.16. The first-order chi connectivity index (χ1) is 5.74. The van der Waals surface area contributed by atoms with Crippen molar-refractivity contribution in [3.8, 4) is 0 Å². The van der Waals surface area contributed by atoms with E-state index in [9.17, 15) is 0 Å². The van der Waals surface area contributed by atoms with Crippen LogP contribution in [0.25, 0.3) is 0 Å². The Morgan fingerprint density at radius 3 is 2.67 bits per heavy atom. The van der Waals surface area contributed by atoms with Crippen molar-refractivity contribution < 1.29 is 0 Å². The van der Waals surface area contributed by atoms with Crippen molar-refractivity contribution in [2.75, 3.05) is 5.88 Å². The monoisotopic (exact) mass is 202 g/mol. The molecule has 0 saturated heterocycles. The zero-order valence-electron chi connectivity index (χ0n) is 7.59. The molecule has 1 atom stereocenters. The SMILES string of the molecule is CC(C)C(CCl)Cc1cccs1. The van der Waals surface area contributed by atoms with Crippen molar-refractivity contribution in [3.63, 3.8) is 0 Å². The lowest BCUT2D eigenvalue weighted by molar-refractivity contribution is 0.425. The number of hydrogen-bond acceptors (Lipinski definition) is 1. The van der Waals surface area contributed by atoms with E-state index in [1.807, 2.05) is 11.3 Å². The van der Waals surface area contributed by atoms with Crippen LogP contribution in [0.2, 0.25) is 0 Å². The number of halogens is 1. The van der Waals surface area contributed by atoms with E-state index >= 15 is 0 Å². The van der Waals surface area contributed by atoms with Crippen LogP contribution in [-0.2, 0) is 6.42 Å². The summed E-state index contributed by atoms with van der Waals surface area (Å²) in [5.74, 6) is 2.09. The fraction of sp³-hybridized carbons (Fsp3) is 0.600. The molecule has 0 aliphatic heterocycles. The summed E-state index contributed by atoms with van der Waals surface area (Å²) < 4.78 is 0. The van der Waals surface area contributed by atoms with Gasteiger partial charge in [0.05, 0.1) is 0 Å². The van der Waals surface area contributed by atoms with E-state index in [1.165, 1.54) is 4.88 Å². The predicted octanol–water partition coefficient (Wildman–Crippen LogP) is 3.80. The zero-order chi connectivity index (χ0) is 8.97. The third-order valence-electron chi connectivity index (χ3n) is 2.18. The molecule has 0 saturated carbocycles. The minimum Gasteiger partial charge on any atom is -0.149 e. The Bertz CT molecular complexity index is 204. The first-order valence-electron chi connectivity index (χ1n) is 4.32. The van der Waals surface area contributed by atoms with Gasteiger partial charge in [0.15, 0.2) is 0 Å². The van der Waals surface area contributed by atoms with Crippen LogP contribution in [0.4, 0.5) is 0 Å². The Morgan fingerprint density at radius 2 is 2.25 bits per heavy atom. The molecule has 0 bridgehead atoms. The third kappa shape index (κ3) is 2.80. The molecule has 1 unspecified atom stereocenters. The van der Waals surface area contributed by atoms with Crippen molar-refractivity contribution in [2.24, 2.45) is 11.8 Å². The number of rotatable bonds is 4. The maximum atomic E-state index is 5.88. The van der Waals surface area contributed by atoms with E-state index in [1.54, 1.807) is 0 Å². The first kappa shape index (κ1) is 10.1. The van der Waals surface area contributed by atoms with Crippen LogP contribution in [0.15, 0.2) is 17.5 Å². The van der Waals surface area contributed by atoms with E-state index in [-0.39, 0.29) is 0 Å². The third-order valence-corrected chi connectivity index (χ3v) is 3.48. The number of alkyl halides is 1. The molecule has 1 aromatic heterocycles. The van der Waals surface area contributed by atoms with E-state index in [0.717, 1.165) is 12.3 Å². The Hall–Kier alpha value is -0.0100. The largest absolute Gasteiger partial charge is 0.149 e. The summed E-state index contributed by atoms with van der Waals surface area (Å²) in [4.78, 5) is 1.45. The molecule has 0 spiro atoms. The van der Waals surface area contributed by atoms with Gasteiger partial charge in [0, 0.05) is 10.8 Å². The molecular formula is C10H15ClS. The van der Waals surface area contributed by atoms with Crippen molar-refractivity contribution in [1.29, 1.82) is 0 Å². The average Bonchev–Trinajstić information content (AvgIpc) is 2.51. The van der Waals surface area contributed by atoms with Crippen LogP contribution in [0.5, 0.6) is 0 Å². The molecule has 0 fully saturated rings. The molecule has 0 amide bonds. The predicted molar refractivity (Wildman–Crippen MR) is 57.1 cm³/mol. The minimum atomic E-state index is 0.630. The van der Waals surface area contributed by atoms with Gasteiger partial charge in [-0.1, -0.05) is 19.9 Å². The maximum absolute atomic E-state index is 5.88. The van der Waals surface area contributed by atoms with Crippen molar-refractivity contribution in [3.05, 3.63) is 22.4 Å². The lowest BCUT2D eigenvalue weighted by atomic mass is 9.94. The summed E-state index contributed by atoms with van der Waals surface area (Å²) >= 11 is 7.71. The number of hydrogen-bond donors (Lipinski definition) is 0. The molecule has 1 heterocycles. The summed E-state index contributed by atoms with van der Waals surface area (Å²) in [6.07, 6.45) is 1.14. The highest BCUT2D eigenvalue weighted by molar-refractivity contribution is 7.09. The molecule has 0 aliphatic rings. The summed E-state index contributed by atoms with van der Waals surface area (Å²) in [7, 11) is 0. The summed E-state index contributed by atoms with van der Waals surface area (Å²) in [6, 6.07) is 4.29. The Morgan fingerprint density at radius 1 is 1.50 bits per heavy atom. The molecule has 0 N–H and O–H groups in total. The van der Waals surface area contributed by atoms with Gasteiger partial charge in [-0.3, -0.25) is 0 Å². The van der Waals surface area contributed by atoms with Crippen molar-refractivity contribution >= 4 is 22.9 Å². The molecule has 68 valence electrons. The Kier molecular flexibility index (Phi) is 4.10. The standard InChI is InChI=1S/C10H15ClS/c1-8(2)9(7-11)6-10-4-3-5-12-10/h3-5,8-9H,6-7H2,1-2H3. The van der Waals surface area contributed by atoms with E-state index in [4.69, 9.17) is 11.6 Å². The molecule has 2 heteroatoms. The molecule has 0 radical (unpaired) electrons. The lowest BCUT2D eigenvalue weighted by Crippen LogP contribution is -2.12. The summed E-state index contributed by atoms with van der Waals surface area (Å²) in [5, 5.41) is 2.13. The van der Waals surface area contributed by atoms with Crippen LogP contribution in [-0.4, -0.2) is 5.88 Å². The Balaban J connectivity index is 2.48. The van der Waals surface area contributed by atoms with Gasteiger partial charge in [0.25, 0.3) is 0 Å². The second-order valence-corrected chi connectivity index (χ2v) is 4.78. The van der Waals surface area contributed by atoms with Gasteiger partial charge < -0.3 is 0 Å². The van der Waals surface area contributed by atoms with Crippen LogP contribution in [0.1, 0.15) is 18.7 Å². The fourth-order valence-corrected chi connectivity index (χ4v) is 2.42. The minimum absolute atomic E-state index is 0.630. The molecule has 0 nitrogen and oxygen atoms in total. The quantitative estimate of drug-likeness (QED) is 0.652. The lowest BCUT2D eigenvalue weighted by Gasteiger charge is -2.16. The molecular weight excluding hydrogens is 188 g/mol. The molecule has 1 rings (SSSR count). The Labute approximate surface area is 83.6 Å². The van der Waals surface area contributed by atoms with Gasteiger partial charge in [-0.05, 0) is 29.7 Å². The molecule has 0 aliphatic carbocycles.